The number of hydrogen-bond donors (Lipinski definition) is 0. The summed E-state index contributed by atoms with van der Waals surface area (Å²) in [5.41, 5.74) is 0. The Kier molecular flexibility index (Phi) is 8.38. The zero-order chi connectivity index (χ0) is 13.8. The van der Waals surface area contributed by atoms with Crippen LogP contribution in [-0.2, 0) is 4.57 Å². The predicted molar refractivity (Wildman–Crippen MR) is 97.3 cm³/mol. The van der Waals surface area contributed by atoms with Crippen molar-refractivity contribution in [3.63, 3.8) is 0 Å². The minimum Gasteiger partial charge on any atom is -0.309 e. The predicted octanol–water partition coefficient (Wildman–Crippen LogP) is 2.56. The zero-order valence-corrected chi connectivity index (χ0v) is 17.9. The van der Waals surface area contributed by atoms with Crippen molar-refractivity contribution in [3.05, 3.63) is 91.0 Å². The van der Waals surface area contributed by atoms with Crippen LogP contribution in [0.2, 0.25) is 0 Å². The Morgan fingerprint density at radius 3 is 0.909 bits per heavy atom. The van der Waals surface area contributed by atoms with Gasteiger partial charge in [0.25, 0.3) is 0 Å². The molecule has 0 spiro atoms. The fourth-order valence-electron chi connectivity index (χ4n) is 2.36. The van der Waals surface area contributed by atoms with Crippen LogP contribution in [0.25, 0.3) is 0 Å². The molecule has 0 aromatic heterocycles. The molecule has 0 fully saturated rings. The molecular weight excluding hydrogens is 309 g/mol. The van der Waals surface area contributed by atoms with Gasteiger partial charge in [0, 0.05) is 75.0 Å². The van der Waals surface area contributed by atoms with Crippen molar-refractivity contribution in [3.8, 4) is 0 Å². The van der Waals surface area contributed by atoms with Crippen molar-refractivity contribution in [2.75, 3.05) is 0 Å². The van der Waals surface area contributed by atoms with Gasteiger partial charge in [-0.2, -0.15) is 0 Å². The minimum atomic E-state index is -2.78. The molecule has 4 heteroatoms. The first-order valence-corrected chi connectivity index (χ1v) is 8.29. The Morgan fingerprint density at radius 2 is 0.682 bits per heavy atom. The molecule has 0 heterocycles. The molecule has 3 aromatic rings. The van der Waals surface area contributed by atoms with E-state index in [1.165, 1.54) is 0 Å². The number of benzene rings is 3. The topological polar surface area (TPSA) is 17.1 Å². The Bertz CT molecular complexity index is 627. The molecule has 3 aromatic carbocycles. The van der Waals surface area contributed by atoms with Crippen molar-refractivity contribution in [2.24, 2.45) is 0 Å². The van der Waals surface area contributed by atoms with Gasteiger partial charge in [-0.1, -0.05) is 91.0 Å². The van der Waals surface area contributed by atoms with Crippen molar-refractivity contribution in [2.45, 2.75) is 0 Å². The molecule has 0 aliphatic heterocycles. The number of hydrogen-bond acceptors (Lipinski definition) is 1. The molecule has 0 atom stereocenters. The van der Waals surface area contributed by atoms with E-state index in [1.807, 2.05) is 91.0 Å². The molecule has 0 saturated heterocycles. The van der Waals surface area contributed by atoms with Gasteiger partial charge in [-0.25, -0.2) is 0 Å². The molecule has 2 radical (unpaired) electrons. The van der Waals surface area contributed by atoms with E-state index in [4.69, 9.17) is 0 Å². The molecule has 22 heavy (non-hydrogen) atoms. The first-order chi connectivity index (χ1) is 9.82. The van der Waals surface area contributed by atoms with Gasteiger partial charge in [0.15, 0.2) is 7.14 Å². The largest absolute Gasteiger partial charge is 0.309 e. The molecule has 100 valence electrons. The van der Waals surface area contributed by atoms with Gasteiger partial charge in [-0.15, -0.1) is 0 Å². The van der Waals surface area contributed by atoms with E-state index >= 15 is 0 Å². The maximum Gasteiger partial charge on any atom is 0.171 e. The summed E-state index contributed by atoms with van der Waals surface area (Å²) in [6.45, 7) is 0. The maximum absolute atomic E-state index is 13.8. The standard InChI is InChI=1S/C18H15OP.2Na/c19-20(16-10-4-1-5-11-16,17-12-6-2-7-13-17)18-14-8-3-9-15-18;;/h1-15H;;. The van der Waals surface area contributed by atoms with Gasteiger partial charge < -0.3 is 4.57 Å². The fourth-order valence-corrected chi connectivity index (χ4v) is 5.03. The summed E-state index contributed by atoms with van der Waals surface area (Å²) >= 11 is 0. The molecule has 0 unspecified atom stereocenters. The quantitative estimate of drug-likeness (QED) is 0.535. The second kappa shape index (κ2) is 9.25. The van der Waals surface area contributed by atoms with Crippen LogP contribution < -0.4 is 15.9 Å². The second-order valence-corrected chi connectivity index (χ2v) is 7.38. The monoisotopic (exact) mass is 324 g/mol. The van der Waals surface area contributed by atoms with E-state index < -0.39 is 7.14 Å². The zero-order valence-electron chi connectivity index (χ0n) is 13.0. The normalized spacial score (nSPS) is 10.2. The van der Waals surface area contributed by atoms with E-state index in [-0.39, 0.29) is 59.1 Å². The van der Waals surface area contributed by atoms with Crippen LogP contribution in [-0.4, -0.2) is 59.1 Å². The van der Waals surface area contributed by atoms with Crippen LogP contribution in [0.15, 0.2) is 91.0 Å². The summed E-state index contributed by atoms with van der Waals surface area (Å²) in [6.07, 6.45) is 0. The molecule has 0 amide bonds. The summed E-state index contributed by atoms with van der Waals surface area (Å²) in [5.74, 6) is 0. The van der Waals surface area contributed by atoms with E-state index in [0.29, 0.717) is 0 Å². The van der Waals surface area contributed by atoms with Crippen molar-refractivity contribution in [1.29, 1.82) is 0 Å². The Labute approximate surface area is 176 Å². The SMILES string of the molecule is O=P(c1ccccc1)(c1ccccc1)c1ccccc1.[Na].[Na]. The average Bonchev–Trinajstić information content (AvgIpc) is 2.56. The average molecular weight is 324 g/mol. The van der Waals surface area contributed by atoms with Gasteiger partial charge in [0.05, 0.1) is 0 Å². The van der Waals surface area contributed by atoms with Crippen molar-refractivity contribution < 1.29 is 4.57 Å². The van der Waals surface area contributed by atoms with Crippen LogP contribution >= 0.6 is 7.14 Å². The summed E-state index contributed by atoms with van der Waals surface area (Å²) in [5, 5.41) is 2.62. The van der Waals surface area contributed by atoms with Gasteiger partial charge in [0.2, 0.25) is 0 Å². The van der Waals surface area contributed by atoms with E-state index in [9.17, 15) is 4.57 Å². The summed E-state index contributed by atoms with van der Waals surface area (Å²) in [6, 6.07) is 29.1. The van der Waals surface area contributed by atoms with E-state index in [0.717, 1.165) is 15.9 Å². The Balaban J connectivity index is 0.00000121. The van der Waals surface area contributed by atoms with Gasteiger partial charge >= 0.3 is 0 Å². The van der Waals surface area contributed by atoms with Gasteiger partial charge in [-0.05, 0) is 0 Å². The van der Waals surface area contributed by atoms with Gasteiger partial charge in [-0.3, -0.25) is 0 Å². The summed E-state index contributed by atoms with van der Waals surface area (Å²) in [7, 11) is -2.78. The van der Waals surface area contributed by atoms with Gasteiger partial charge in [0.1, 0.15) is 0 Å². The van der Waals surface area contributed by atoms with E-state index in [2.05, 4.69) is 0 Å². The Morgan fingerprint density at radius 1 is 0.455 bits per heavy atom. The maximum atomic E-state index is 13.8. The van der Waals surface area contributed by atoms with Crippen LogP contribution in [0, 0.1) is 0 Å². The van der Waals surface area contributed by atoms with Crippen LogP contribution in [0.4, 0.5) is 0 Å². The summed E-state index contributed by atoms with van der Waals surface area (Å²) < 4.78 is 13.8. The van der Waals surface area contributed by atoms with Crippen molar-refractivity contribution in [1.82, 2.24) is 0 Å². The summed E-state index contributed by atoms with van der Waals surface area (Å²) in [4.78, 5) is 0. The van der Waals surface area contributed by atoms with Crippen LogP contribution in [0.3, 0.4) is 0 Å². The van der Waals surface area contributed by atoms with Crippen LogP contribution in [0.1, 0.15) is 0 Å². The third kappa shape index (κ3) is 4.04. The molecule has 0 bridgehead atoms. The molecule has 3 rings (SSSR count). The molecule has 0 saturated carbocycles. The molecule has 0 aliphatic rings. The van der Waals surface area contributed by atoms with Crippen LogP contribution in [0.5, 0.6) is 0 Å². The molecule has 0 N–H and O–H groups in total. The molecular formula is C18H15Na2OP. The number of rotatable bonds is 3. The van der Waals surface area contributed by atoms with E-state index in [1.54, 1.807) is 0 Å². The third-order valence-corrected chi connectivity index (χ3v) is 6.44. The Hall–Kier alpha value is -0.110. The first-order valence-electron chi connectivity index (χ1n) is 6.59. The molecule has 0 aliphatic carbocycles. The second-order valence-electron chi connectivity index (χ2n) is 4.62. The molecule has 1 nitrogen and oxygen atoms in total. The minimum absolute atomic E-state index is 0. The fraction of sp³-hybridized carbons (Fsp3) is 0. The first kappa shape index (κ1) is 19.9. The third-order valence-electron chi connectivity index (χ3n) is 3.36. The van der Waals surface area contributed by atoms with Crippen molar-refractivity contribution >= 4 is 82.2 Å². The smallest absolute Gasteiger partial charge is 0.171 e.